The van der Waals surface area contributed by atoms with E-state index in [0.29, 0.717) is 0 Å². The van der Waals surface area contributed by atoms with E-state index in [1.165, 1.54) is 26.9 Å². The summed E-state index contributed by atoms with van der Waals surface area (Å²) in [6.45, 7) is 0. The molecule has 2 nitrogen and oxygen atoms in total. The lowest BCUT2D eigenvalue weighted by atomic mass is 9.95. The molecular formula is C35H28NOP2. The fourth-order valence-electron chi connectivity index (χ4n) is 4.97. The van der Waals surface area contributed by atoms with Crippen LogP contribution in [-0.4, -0.2) is 10.1 Å². The number of rotatable bonds is 8. The van der Waals surface area contributed by atoms with Gasteiger partial charge in [-0.15, -0.1) is 0 Å². The second-order valence-electron chi connectivity index (χ2n) is 9.20. The molecule has 1 fully saturated rings. The molecule has 0 amide bonds. The molecule has 0 unspecified atom stereocenters. The first kappa shape index (κ1) is 26.1. The molecule has 5 radical (unpaired) electrons. The first-order chi connectivity index (χ1) is 19.3. The number of pyridine rings is 1. The first-order valence-corrected chi connectivity index (χ1v) is 15.7. The smallest absolute Gasteiger partial charge is 0.0886 e. The Balaban J connectivity index is 1.41. The average Bonchev–Trinajstić information content (AvgIpc) is 3.49. The molecule has 4 aromatic carbocycles. The monoisotopic (exact) mass is 540 g/mol. The van der Waals surface area contributed by atoms with Crippen molar-refractivity contribution in [2.45, 2.75) is 6.10 Å². The van der Waals surface area contributed by atoms with Crippen LogP contribution in [0.25, 0.3) is 0 Å². The molecule has 6 rings (SSSR count). The SMILES string of the molecule is O[C@@H]([C]1[CH][CH][CH][C]1P(c1ccccc1)c1ccccc1)c1cccnc1P(c1ccccc1)c1ccccc1. The normalized spacial score (nSPS) is 15.2. The highest BCUT2D eigenvalue weighted by Crippen LogP contribution is 2.59. The zero-order valence-corrected chi connectivity index (χ0v) is 23.2. The molecule has 1 atom stereocenters. The van der Waals surface area contributed by atoms with Crippen LogP contribution in [0.1, 0.15) is 11.7 Å². The summed E-state index contributed by atoms with van der Waals surface area (Å²) in [5.74, 6) is 0.944. The second kappa shape index (κ2) is 12.4. The Labute approximate surface area is 234 Å². The minimum atomic E-state index is -0.954. The van der Waals surface area contributed by atoms with E-state index in [1.807, 2.05) is 30.5 Å². The largest absolute Gasteiger partial charge is 0.388 e. The van der Waals surface area contributed by atoms with E-state index < -0.39 is 21.9 Å². The van der Waals surface area contributed by atoms with E-state index in [-0.39, 0.29) is 0 Å². The fourth-order valence-corrected chi connectivity index (χ4v) is 9.82. The number of aromatic nitrogens is 1. The summed E-state index contributed by atoms with van der Waals surface area (Å²) in [5, 5.41) is 17.1. The molecule has 5 aromatic rings. The van der Waals surface area contributed by atoms with Crippen LogP contribution < -0.4 is 26.7 Å². The van der Waals surface area contributed by atoms with Crippen molar-refractivity contribution in [1.29, 1.82) is 0 Å². The zero-order chi connectivity index (χ0) is 26.4. The second-order valence-corrected chi connectivity index (χ2v) is 13.5. The van der Waals surface area contributed by atoms with Crippen LogP contribution in [0.5, 0.6) is 0 Å². The average molecular weight is 541 g/mol. The molecule has 0 bridgehead atoms. The topological polar surface area (TPSA) is 33.1 Å². The van der Waals surface area contributed by atoms with Crippen molar-refractivity contribution in [3.05, 3.63) is 176 Å². The Morgan fingerprint density at radius 2 is 0.974 bits per heavy atom. The van der Waals surface area contributed by atoms with E-state index >= 15 is 0 Å². The van der Waals surface area contributed by atoms with Crippen LogP contribution >= 0.6 is 15.8 Å². The van der Waals surface area contributed by atoms with Gasteiger partial charge in [0, 0.05) is 31.3 Å². The third kappa shape index (κ3) is 5.61. The highest BCUT2D eigenvalue weighted by molar-refractivity contribution is 7.79. The Hall–Kier alpha value is -3.15. The van der Waals surface area contributed by atoms with Crippen molar-refractivity contribution in [3.8, 4) is 0 Å². The molecule has 0 aliphatic heterocycles. The number of hydrogen-bond acceptors (Lipinski definition) is 2. The first-order valence-electron chi connectivity index (χ1n) is 13.0. The van der Waals surface area contributed by atoms with Crippen molar-refractivity contribution in [3.63, 3.8) is 0 Å². The molecule has 4 heteroatoms. The lowest BCUT2D eigenvalue weighted by Crippen LogP contribution is -2.29. The summed E-state index contributed by atoms with van der Waals surface area (Å²) in [4.78, 5) is 4.93. The maximum absolute atomic E-state index is 12.1. The van der Waals surface area contributed by atoms with Gasteiger partial charge in [-0.2, -0.15) is 0 Å². The molecule has 0 saturated heterocycles. The van der Waals surface area contributed by atoms with Gasteiger partial charge in [-0.25, -0.2) is 0 Å². The van der Waals surface area contributed by atoms with Gasteiger partial charge in [0.25, 0.3) is 0 Å². The molecule has 1 saturated carbocycles. The van der Waals surface area contributed by atoms with Crippen molar-refractivity contribution < 1.29 is 5.11 Å². The molecule has 1 aromatic heterocycles. The van der Waals surface area contributed by atoms with E-state index in [1.54, 1.807) is 0 Å². The van der Waals surface area contributed by atoms with Crippen molar-refractivity contribution in [2.24, 2.45) is 0 Å². The van der Waals surface area contributed by atoms with Crippen LogP contribution in [0.2, 0.25) is 0 Å². The van der Waals surface area contributed by atoms with Crippen LogP contribution in [0.4, 0.5) is 0 Å². The maximum Gasteiger partial charge on any atom is 0.0886 e. The Morgan fingerprint density at radius 1 is 0.513 bits per heavy atom. The van der Waals surface area contributed by atoms with E-state index in [2.05, 4.69) is 128 Å². The van der Waals surface area contributed by atoms with Crippen LogP contribution in [0.15, 0.2) is 140 Å². The van der Waals surface area contributed by atoms with Gasteiger partial charge in [0.2, 0.25) is 0 Å². The van der Waals surface area contributed by atoms with Gasteiger partial charge in [-0.05, 0) is 54.5 Å². The molecule has 1 aliphatic carbocycles. The lowest BCUT2D eigenvalue weighted by molar-refractivity contribution is 0.200. The molecule has 1 N–H and O–H groups in total. The van der Waals surface area contributed by atoms with E-state index in [9.17, 15) is 5.11 Å². The summed E-state index contributed by atoms with van der Waals surface area (Å²) >= 11 is 0. The van der Waals surface area contributed by atoms with Crippen LogP contribution in [-0.2, 0) is 0 Å². The predicted octanol–water partition coefficient (Wildman–Crippen LogP) is 5.74. The molecular weight excluding hydrogens is 512 g/mol. The van der Waals surface area contributed by atoms with Gasteiger partial charge < -0.3 is 5.11 Å². The molecule has 189 valence electrons. The third-order valence-corrected chi connectivity index (χ3v) is 11.7. The molecule has 1 heterocycles. The van der Waals surface area contributed by atoms with Crippen molar-refractivity contribution >= 4 is 42.5 Å². The Morgan fingerprint density at radius 3 is 1.46 bits per heavy atom. The van der Waals surface area contributed by atoms with Gasteiger partial charge in [-0.3, -0.25) is 4.98 Å². The summed E-state index contributed by atoms with van der Waals surface area (Å²) in [7, 11) is -1.79. The molecule has 39 heavy (non-hydrogen) atoms. The quantitative estimate of drug-likeness (QED) is 0.255. The summed E-state index contributed by atoms with van der Waals surface area (Å²) in [6, 6.07) is 46.3. The maximum atomic E-state index is 12.1. The van der Waals surface area contributed by atoms with Crippen molar-refractivity contribution in [1.82, 2.24) is 4.98 Å². The number of aliphatic hydroxyl groups is 1. The zero-order valence-electron chi connectivity index (χ0n) is 21.4. The Bertz CT molecular complexity index is 1390. The summed E-state index contributed by atoms with van der Waals surface area (Å²) in [5.41, 5.74) is 2.97. The standard InChI is InChI=1S/C35H28NOP2/c37-34(31-23-13-25-33(31)38(27-15-5-1-6-16-27)28-17-7-2-8-18-28)32-24-14-26-36-35(32)39(29-19-9-3-10-20-29)30-21-11-4-12-22-30/h1-26,34,37H/t34-/m0/s1. The third-order valence-electron chi connectivity index (χ3n) is 6.74. The van der Waals surface area contributed by atoms with Crippen LogP contribution in [0, 0.1) is 30.8 Å². The summed E-state index contributed by atoms with van der Waals surface area (Å²) in [6.07, 6.45) is 7.37. The van der Waals surface area contributed by atoms with Gasteiger partial charge in [0.15, 0.2) is 0 Å². The minimum absolute atomic E-state index is 0.798. The number of hydrogen-bond donors (Lipinski definition) is 1. The summed E-state index contributed by atoms with van der Waals surface area (Å²) < 4.78 is 0. The number of aliphatic hydroxyl groups excluding tert-OH is 1. The molecule has 0 spiro atoms. The number of benzene rings is 4. The lowest BCUT2D eigenvalue weighted by Gasteiger charge is -2.32. The van der Waals surface area contributed by atoms with Crippen molar-refractivity contribution in [2.75, 3.05) is 0 Å². The van der Waals surface area contributed by atoms with Gasteiger partial charge in [0.1, 0.15) is 0 Å². The fraction of sp³-hybridized carbons (Fsp3) is 0.0286. The van der Waals surface area contributed by atoms with Gasteiger partial charge in [0.05, 0.1) is 11.5 Å². The highest BCUT2D eigenvalue weighted by Gasteiger charge is 2.42. The number of nitrogens with zero attached hydrogens (tertiary/aromatic N) is 1. The van der Waals surface area contributed by atoms with Gasteiger partial charge in [-0.1, -0.05) is 127 Å². The van der Waals surface area contributed by atoms with Gasteiger partial charge >= 0.3 is 0 Å². The van der Waals surface area contributed by atoms with E-state index in [0.717, 1.165) is 16.9 Å². The highest BCUT2D eigenvalue weighted by atomic mass is 31.1. The van der Waals surface area contributed by atoms with E-state index in [4.69, 9.17) is 4.98 Å². The van der Waals surface area contributed by atoms with Crippen LogP contribution in [0.3, 0.4) is 0 Å². The minimum Gasteiger partial charge on any atom is -0.388 e. The predicted molar refractivity (Wildman–Crippen MR) is 166 cm³/mol. The molecule has 1 aliphatic rings. The Kier molecular flexibility index (Phi) is 8.27.